The SMILES string of the molecule is CC1(S(=O)(=O)c2cccc(C(F)(F)F)c2)CCOC(c2cc(S(=O)(=O)C(F)(F)F)n[nH]2)C1. The summed E-state index contributed by atoms with van der Waals surface area (Å²) in [4.78, 5) is -0.569. The molecule has 15 heteroatoms. The van der Waals surface area contributed by atoms with Crippen molar-refractivity contribution < 1.29 is 47.9 Å². The lowest BCUT2D eigenvalue weighted by Gasteiger charge is -2.37. The number of hydrogen-bond acceptors (Lipinski definition) is 6. The van der Waals surface area contributed by atoms with E-state index in [-0.39, 0.29) is 25.1 Å². The number of rotatable bonds is 4. The fourth-order valence-electron chi connectivity index (χ4n) is 3.28. The number of benzene rings is 1. The van der Waals surface area contributed by atoms with E-state index in [2.05, 4.69) is 10.2 Å². The Morgan fingerprint density at radius 2 is 1.75 bits per heavy atom. The molecule has 7 nitrogen and oxygen atoms in total. The van der Waals surface area contributed by atoms with Gasteiger partial charge in [-0.2, -0.15) is 31.4 Å². The van der Waals surface area contributed by atoms with E-state index >= 15 is 0 Å². The van der Waals surface area contributed by atoms with Gasteiger partial charge in [-0.1, -0.05) is 6.07 Å². The number of H-pyrrole nitrogens is 1. The summed E-state index contributed by atoms with van der Waals surface area (Å²) in [6.45, 7) is 1.08. The summed E-state index contributed by atoms with van der Waals surface area (Å²) in [7, 11) is -10.1. The molecule has 1 aliphatic heterocycles. The van der Waals surface area contributed by atoms with Gasteiger partial charge in [0.1, 0.15) is 6.10 Å². The molecular formula is C17H16F6N2O5S2. The van der Waals surface area contributed by atoms with E-state index in [0.29, 0.717) is 12.1 Å². The topological polar surface area (TPSA) is 106 Å². The highest BCUT2D eigenvalue weighted by Gasteiger charge is 2.50. The van der Waals surface area contributed by atoms with E-state index in [1.807, 2.05) is 0 Å². The molecule has 0 radical (unpaired) electrons. The molecule has 0 spiro atoms. The first-order valence-electron chi connectivity index (χ1n) is 8.89. The largest absolute Gasteiger partial charge is 0.503 e. The number of aromatic nitrogens is 2. The summed E-state index contributed by atoms with van der Waals surface area (Å²) in [6.07, 6.45) is -6.41. The molecular weight excluding hydrogens is 490 g/mol. The van der Waals surface area contributed by atoms with E-state index in [1.54, 1.807) is 0 Å². The number of sulfone groups is 2. The summed E-state index contributed by atoms with van der Waals surface area (Å²) in [5.74, 6) is 0. The fraction of sp³-hybridized carbons (Fsp3) is 0.471. The number of hydrogen-bond donors (Lipinski definition) is 1. The summed E-state index contributed by atoms with van der Waals surface area (Å²) in [6, 6.07) is 3.80. The standard InChI is InChI=1S/C17H16F6N2O5S2/c1-15(31(26,27)11-4-2-3-10(7-11)16(18,19)20)5-6-30-13(9-15)12-8-14(25-24-12)32(28,29)17(21,22)23/h2-4,7-8,13H,5-6,9H2,1H3,(H,24,25). The van der Waals surface area contributed by atoms with Crippen LogP contribution in [0, 0.1) is 0 Å². The van der Waals surface area contributed by atoms with Crippen LogP contribution in [0.3, 0.4) is 0 Å². The third-order valence-electron chi connectivity index (χ3n) is 5.19. The highest BCUT2D eigenvalue weighted by atomic mass is 32.2. The van der Waals surface area contributed by atoms with Gasteiger partial charge in [0.2, 0.25) is 0 Å². The molecule has 32 heavy (non-hydrogen) atoms. The van der Waals surface area contributed by atoms with Gasteiger partial charge in [-0.3, -0.25) is 5.10 Å². The van der Waals surface area contributed by atoms with Gasteiger partial charge >= 0.3 is 11.7 Å². The quantitative estimate of drug-likeness (QED) is 0.633. The molecule has 1 aliphatic rings. The van der Waals surface area contributed by atoms with Gasteiger partial charge in [-0.05, 0) is 38.0 Å². The minimum atomic E-state index is -5.74. The fourth-order valence-corrected chi connectivity index (χ4v) is 5.79. The summed E-state index contributed by atoms with van der Waals surface area (Å²) in [5, 5.41) is 3.95. The smallest absolute Gasteiger partial charge is 0.372 e. The van der Waals surface area contributed by atoms with Gasteiger partial charge < -0.3 is 4.74 Å². The number of nitrogens with zero attached hydrogens (tertiary/aromatic N) is 1. The van der Waals surface area contributed by atoms with Crippen LogP contribution in [0.25, 0.3) is 0 Å². The van der Waals surface area contributed by atoms with Gasteiger partial charge in [0.15, 0.2) is 14.9 Å². The maximum atomic E-state index is 13.2. The molecule has 1 saturated heterocycles. The van der Waals surface area contributed by atoms with Crippen molar-refractivity contribution in [1.29, 1.82) is 0 Å². The van der Waals surface area contributed by atoms with Gasteiger partial charge in [0.25, 0.3) is 9.84 Å². The highest BCUT2D eigenvalue weighted by Crippen LogP contribution is 2.43. The van der Waals surface area contributed by atoms with Crippen LogP contribution in [0.5, 0.6) is 0 Å². The minimum absolute atomic E-state index is 0.107. The lowest BCUT2D eigenvalue weighted by Crippen LogP contribution is -2.42. The van der Waals surface area contributed by atoms with Gasteiger partial charge in [0, 0.05) is 12.7 Å². The molecule has 2 aromatic rings. The second-order valence-corrected chi connectivity index (χ2v) is 11.8. The predicted molar refractivity (Wildman–Crippen MR) is 96.8 cm³/mol. The molecule has 2 heterocycles. The molecule has 2 unspecified atom stereocenters. The molecule has 0 amide bonds. The molecule has 1 N–H and O–H groups in total. The van der Waals surface area contributed by atoms with Crippen LogP contribution in [-0.4, -0.2) is 43.9 Å². The lowest BCUT2D eigenvalue weighted by molar-refractivity contribution is -0.137. The van der Waals surface area contributed by atoms with Crippen LogP contribution in [0.2, 0.25) is 0 Å². The monoisotopic (exact) mass is 506 g/mol. The van der Waals surface area contributed by atoms with E-state index in [9.17, 15) is 43.2 Å². The van der Waals surface area contributed by atoms with Gasteiger partial charge in [-0.25, -0.2) is 16.8 Å². The number of aromatic amines is 1. The average Bonchev–Trinajstić information content (AvgIpc) is 3.17. The molecule has 0 saturated carbocycles. The Hall–Kier alpha value is -2.13. The van der Waals surface area contributed by atoms with Crippen LogP contribution in [0.15, 0.2) is 40.3 Å². The van der Waals surface area contributed by atoms with E-state index in [0.717, 1.165) is 18.2 Å². The van der Waals surface area contributed by atoms with Gasteiger partial charge in [0.05, 0.1) is 20.9 Å². The number of nitrogens with one attached hydrogen (secondary N) is 1. The molecule has 0 aliphatic carbocycles. The third kappa shape index (κ3) is 4.24. The van der Waals surface area contributed by atoms with Crippen molar-refractivity contribution in [2.75, 3.05) is 6.61 Å². The maximum Gasteiger partial charge on any atom is 0.503 e. The van der Waals surface area contributed by atoms with Crippen LogP contribution in [-0.2, 0) is 30.6 Å². The van der Waals surface area contributed by atoms with Crippen molar-refractivity contribution in [3.8, 4) is 0 Å². The molecule has 1 aromatic heterocycles. The average molecular weight is 506 g/mol. The van der Waals surface area contributed by atoms with Crippen molar-refractivity contribution in [1.82, 2.24) is 10.2 Å². The molecule has 1 fully saturated rings. The first-order valence-corrected chi connectivity index (χ1v) is 11.9. The number of halogens is 6. The first kappa shape index (κ1) is 24.5. The zero-order valence-electron chi connectivity index (χ0n) is 16.2. The van der Waals surface area contributed by atoms with E-state index in [1.165, 1.54) is 6.92 Å². The zero-order chi connectivity index (χ0) is 24.2. The number of alkyl halides is 6. The normalized spacial score (nSPS) is 23.3. The first-order chi connectivity index (χ1) is 14.5. The van der Waals surface area contributed by atoms with Crippen LogP contribution in [0.1, 0.15) is 37.1 Å². The van der Waals surface area contributed by atoms with E-state index in [4.69, 9.17) is 4.74 Å². The van der Waals surface area contributed by atoms with Crippen LogP contribution >= 0.6 is 0 Å². The molecule has 0 bridgehead atoms. The third-order valence-corrected chi connectivity index (χ3v) is 9.10. The summed E-state index contributed by atoms with van der Waals surface area (Å²) in [5.41, 5.74) is -6.95. The van der Waals surface area contributed by atoms with Crippen LogP contribution < -0.4 is 0 Å². The Balaban J connectivity index is 1.93. The van der Waals surface area contributed by atoms with Crippen molar-refractivity contribution in [3.05, 3.63) is 41.6 Å². The van der Waals surface area contributed by atoms with Crippen molar-refractivity contribution in [3.63, 3.8) is 0 Å². The maximum absolute atomic E-state index is 13.2. The minimum Gasteiger partial charge on any atom is -0.372 e. The molecule has 1 aromatic carbocycles. The Morgan fingerprint density at radius 1 is 1.09 bits per heavy atom. The second kappa shape index (κ2) is 7.73. The Labute approximate surface area is 178 Å². The molecule has 178 valence electrons. The van der Waals surface area contributed by atoms with Crippen molar-refractivity contribution in [2.24, 2.45) is 0 Å². The molecule has 2 atom stereocenters. The Bertz CT molecular complexity index is 1220. The second-order valence-electron chi connectivity index (χ2n) is 7.40. The van der Waals surface area contributed by atoms with Crippen LogP contribution in [0.4, 0.5) is 26.3 Å². The Morgan fingerprint density at radius 3 is 2.34 bits per heavy atom. The van der Waals surface area contributed by atoms with Crippen molar-refractivity contribution >= 4 is 19.7 Å². The number of ether oxygens (including phenoxy) is 1. The predicted octanol–water partition coefficient (Wildman–Crippen LogP) is 3.81. The zero-order valence-corrected chi connectivity index (χ0v) is 17.8. The lowest BCUT2D eigenvalue weighted by atomic mass is 9.95. The van der Waals surface area contributed by atoms with Gasteiger partial charge in [-0.15, -0.1) is 0 Å². The Kier molecular flexibility index (Phi) is 5.92. The van der Waals surface area contributed by atoms with E-state index < -0.39 is 57.7 Å². The summed E-state index contributed by atoms with van der Waals surface area (Å²) < 4.78 is 130. The summed E-state index contributed by atoms with van der Waals surface area (Å²) >= 11 is 0. The van der Waals surface area contributed by atoms with Crippen molar-refractivity contribution in [2.45, 2.75) is 52.2 Å². The molecule has 3 rings (SSSR count). The highest BCUT2D eigenvalue weighted by molar-refractivity contribution is 7.93.